The zero-order valence-corrected chi connectivity index (χ0v) is 8.96. The van der Waals surface area contributed by atoms with E-state index < -0.39 is 6.29 Å². The van der Waals surface area contributed by atoms with Gasteiger partial charge in [0.2, 0.25) is 6.29 Å². The number of aromatic nitrogens is 1. The molecule has 1 aliphatic heterocycles. The molecule has 86 valence electrons. The third kappa shape index (κ3) is 2.56. The topological polar surface area (TPSA) is 57.7 Å². The monoisotopic (exact) mass is 223 g/mol. The summed E-state index contributed by atoms with van der Waals surface area (Å²) in [6.07, 6.45) is 1.16. The summed E-state index contributed by atoms with van der Waals surface area (Å²) in [5.74, 6) is -0.296. The van der Waals surface area contributed by atoms with E-state index in [0.717, 1.165) is 5.69 Å². The Bertz CT molecular complexity index is 354. The summed E-state index contributed by atoms with van der Waals surface area (Å²) in [4.78, 5) is 15.2. The molecule has 2 heterocycles. The van der Waals surface area contributed by atoms with Crippen molar-refractivity contribution in [3.63, 3.8) is 0 Å². The molecule has 0 aromatic carbocycles. The molecule has 2 rings (SSSR count). The maximum atomic E-state index is 11.0. The van der Waals surface area contributed by atoms with Gasteiger partial charge in [-0.3, -0.25) is 9.78 Å². The van der Waals surface area contributed by atoms with Crippen LogP contribution in [0.3, 0.4) is 0 Å². The highest BCUT2D eigenvalue weighted by Crippen LogP contribution is 2.26. The van der Waals surface area contributed by atoms with Gasteiger partial charge in [-0.15, -0.1) is 0 Å². The number of nitrogens with zero attached hydrogens (tertiary/aromatic N) is 1. The zero-order chi connectivity index (χ0) is 11.4. The molecule has 1 aliphatic rings. The van der Waals surface area contributed by atoms with Crippen molar-refractivity contribution in [3.05, 3.63) is 30.1 Å². The zero-order valence-electron chi connectivity index (χ0n) is 8.96. The molecule has 2 atom stereocenters. The third-order valence-corrected chi connectivity index (χ3v) is 2.30. The lowest BCUT2D eigenvalue weighted by Gasteiger charge is -2.09. The van der Waals surface area contributed by atoms with Crippen LogP contribution in [0, 0.1) is 0 Å². The van der Waals surface area contributed by atoms with Crippen LogP contribution in [0.25, 0.3) is 0 Å². The molecule has 0 radical (unpaired) electrons. The highest BCUT2D eigenvalue weighted by Gasteiger charge is 2.29. The van der Waals surface area contributed by atoms with E-state index in [1.54, 1.807) is 6.20 Å². The highest BCUT2D eigenvalue weighted by molar-refractivity contribution is 5.69. The Labute approximate surface area is 93.3 Å². The van der Waals surface area contributed by atoms with Gasteiger partial charge in [-0.05, 0) is 12.1 Å². The summed E-state index contributed by atoms with van der Waals surface area (Å²) < 4.78 is 15.5. The van der Waals surface area contributed by atoms with Crippen LogP contribution in [0.1, 0.15) is 18.4 Å². The number of hydrogen-bond acceptors (Lipinski definition) is 5. The second-order valence-corrected chi connectivity index (χ2v) is 3.46. The predicted molar refractivity (Wildman–Crippen MR) is 54.4 cm³/mol. The number of esters is 1. The molecule has 5 nitrogen and oxygen atoms in total. The predicted octanol–water partition coefficient (Wildman–Crippen LogP) is 1.06. The Morgan fingerprint density at radius 3 is 3.19 bits per heavy atom. The van der Waals surface area contributed by atoms with Crippen molar-refractivity contribution in [1.29, 1.82) is 0 Å². The number of carbonyl (C=O) groups excluding carboxylic acids is 1. The van der Waals surface area contributed by atoms with Crippen LogP contribution in [0.5, 0.6) is 0 Å². The summed E-state index contributed by atoms with van der Waals surface area (Å²) in [6, 6.07) is 5.51. The Hall–Kier alpha value is -1.46. The van der Waals surface area contributed by atoms with Gasteiger partial charge >= 0.3 is 5.97 Å². The van der Waals surface area contributed by atoms with E-state index in [4.69, 9.17) is 9.47 Å². The van der Waals surface area contributed by atoms with Crippen LogP contribution < -0.4 is 0 Å². The summed E-state index contributed by atoms with van der Waals surface area (Å²) in [5, 5.41) is 0. The van der Waals surface area contributed by atoms with Gasteiger partial charge in [-0.25, -0.2) is 0 Å². The third-order valence-electron chi connectivity index (χ3n) is 2.30. The Morgan fingerprint density at radius 2 is 2.50 bits per heavy atom. The van der Waals surface area contributed by atoms with E-state index in [9.17, 15) is 4.79 Å². The molecule has 0 N–H and O–H groups in total. The van der Waals surface area contributed by atoms with Crippen molar-refractivity contribution < 1.29 is 19.0 Å². The number of hydrogen-bond donors (Lipinski definition) is 0. The Kier molecular flexibility index (Phi) is 3.48. The second-order valence-electron chi connectivity index (χ2n) is 3.46. The molecule has 1 fully saturated rings. The van der Waals surface area contributed by atoms with E-state index in [1.807, 2.05) is 18.2 Å². The molecule has 1 aromatic heterocycles. The number of ether oxygens (including phenoxy) is 3. The van der Waals surface area contributed by atoms with Crippen LogP contribution >= 0.6 is 0 Å². The minimum Gasteiger partial charge on any atom is -0.469 e. The molecular formula is C11H13NO4. The molecule has 5 heteroatoms. The van der Waals surface area contributed by atoms with E-state index in [1.165, 1.54) is 7.11 Å². The van der Waals surface area contributed by atoms with Crippen molar-refractivity contribution in [1.82, 2.24) is 4.98 Å². The molecule has 1 saturated heterocycles. The van der Waals surface area contributed by atoms with E-state index in [0.29, 0.717) is 6.61 Å². The van der Waals surface area contributed by atoms with Crippen LogP contribution in [0.15, 0.2) is 24.4 Å². The average molecular weight is 223 g/mol. The molecule has 0 saturated carbocycles. The fraction of sp³-hybridized carbons (Fsp3) is 0.455. The van der Waals surface area contributed by atoms with Gasteiger partial charge in [0, 0.05) is 6.20 Å². The maximum Gasteiger partial charge on any atom is 0.308 e. The van der Waals surface area contributed by atoms with Gasteiger partial charge in [-0.1, -0.05) is 6.07 Å². The fourth-order valence-electron chi connectivity index (χ4n) is 1.49. The van der Waals surface area contributed by atoms with Crippen molar-refractivity contribution in [2.24, 2.45) is 0 Å². The SMILES string of the molecule is COC(=O)CC1COC(c2ccccn2)O1. The maximum absolute atomic E-state index is 11.0. The van der Waals surface area contributed by atoms with Gasteiger partial charge in [0.1, 0.15) is 0 Å². The van der Waals surface area contributed by atoms with E-state index in [-0.39, 0.29) is 18.5 Å². The number of carbonyl (C=O) groups is 1. The number of pyridine rings is 1. The van der Waals surface area contributed by atoms with Crippen LogP contribution in [-0.4, -0.2) is 30.8 Å². The Morgan fingerprint density at radius 1 is 1.62 bits per heavy atom. The van der Waals surface area contributed by atoms with E-state index in [2.05, 4.69) is 9.72 Å². The first-order chi connectivity index (χ1) is 7.79. The van der Waals surface area contributed by atoms with Crippen LogP contribution in [0.4, 0.5) is 0 Å². The molecule has 0 bridgehead atoms. The first-order valence-electron chi connectivity index (χ1n) is 5.04. The summed E-state index contributed by atoms with van der Waals surface area (Å²) in [6.45, 7) is 0.385. The first-order valence-corrected chi connectivity index (χ1v) is 5.04. The molecule has 2 unspecified atom stereocenters. The second kappa shape index (κ2) is 5.05. The summed E-state index contributed by atoms with van der Waals surface area (Å²) >= 11 is 0. The lowest BCUT2D eigenvalue weighted by molar-refractivity contribution is -0.144. The smallest absolute Gasteiger partial charge is 0.308 e. The van der Waals surface area contributed by atoms with Gasteiger partial charge in [0.25, 0.3) is 0 Å². The van der Waals surface area contributed by atoms with Crippen molar-refractivity contribution in [2.45, 2.75) is 18.8 Å². The van der Waals surface area contributed by atoms with Crippen LogP contribution in [0.2, 0.25) is 0 Å². The average Bonchev–Trinajstić information content (AvgIpc) is 2.78. The van der Waals surface area contributed by atoms with Crippen molar-refractivity contribution >= 4 is 5.97 Å². The standard InChI is InChI=1S/C11H13NO4/c1-14-10(13)6-8-7-15-11(16-8)9-4-2-3-5-12-9/h2-5,8,11H,6-7H2,1H3. The fourth-order valence-corrected chi connectivity index (χ4v) is 1.49. The number of rotatable bonds is 3. The minimum absolute atomic E-state index is 0.208. The molecule has 0 spiro atoms. The highest BCUT2D eigenvalue weighted by atomic mass is 16.7. The largest absolute Gasteiger partial charge is 0.469 e. The van der Waals surface area contributed by atoms with Crippen LogP contribution in [-0.2, 0) is 19.0 Å². The van der Waals surface area contributed by atoms with E-state index >= 15 is 0 Å². The quantitative estimate of drug-likeness (QED) is 0.717. The first kappa shape index (κ1) is 11.0. The summed E-state index contributed by atoms with van der Waals surface area (Å²) in [5.41, 5.74) is 0.717. The summed E-state index contributed by atoms with van der Waals surface area (Å²) in [7, 11) is 1.36. The molecule has 1 aromatic rings. The number of methoxy groups -OCH3 is 1. The minimum atomic E-state index is -0.476. The van der Waals surface area contributed by atoms with Crippen molar-refractivity contribution in [2.75, 3.05) is 13.7 Å². The molecule has 16 heavy (non-hydrogen) atoms. The molecule has 0 amide bonds. The van der Waals surface area contributed by atoms with Gasteiger partial charge in [-0.2, -0.15) is 0 Å². The lowest BCUT2D eigenvalue weighted by Crippen LogP contribution is -2.16. The normalized spacial score (nSPS) is 24.3. The van der Waals surface area contributed by atoms with Gasteiger partial charge in [0.05, 0.1) is 31.9 Å². The van der Waals surface area contributed by atoms with Crippen molar-refractivity contribution in [3.8, 4) is 0 Å². The molecule has 0 aliphatic carbocycles. The lowest BCUT2D eigenvalue weighted by atomic mass is 10.3. The Balaban J connectivity index is 1.91. The molecular weight excluding hydrogens is 210 g/mol. The van der Waals surface area contributed by atoms with Gasteiger partial charge in [0.15, 0.2) is 0 Å². The van der Waals surface area contributed by atoms with Gasteiger partial charge < -0.3 is 14.2 Å².